The third kappa shape index (κ3) is 1.53. The van der Waals surface area contributed by atoms with Gasteiger partial charge in [-0.05, 0) is 24.7 Å². The summed E-state index contributed by atoms with van der Waals surface area (Å²) in [5, 5.41) is 8.49. The Kier molecular flexibility index (Phi) is 2.22. The zero-order valence-electron chi connectivity index (χ0n) is 7.70. The summed E-state index contributed by atoms with van der Waals surface area (Å²) in [4.78, 5) is 12.8. The first-order valence-corrected chi connectivity index (χ1v) is 5.00. The standard InChI is InChI=1S/C10H14N2O/c11-5-10(13)12-6-8-3-1-2-4-9(8)7-12/h8-9H,1-4,6-7H2. The molecule has 1 amide bonds. The van der Waals surface area contributed by atoms with Crippen LogP contribution in [0, 0.1) is 23.2 Å². The molecule has 1 saturated heterocycles. The number of amides is 1. The van der Waals surface area contributed by atoms with E-state index in [4.69, 9.17) is 5.26 Å². The summed E-state index contributed by atoms with van der Waals surface area (Å²) < 4.78 is 0. The van der Waals surface area contributed by atoms with Crippen molar-refractivity contribution in [3.05, 3.63) is 0 Å². The van der Waals surface area contributed by atoms with Gasteiger partial charge in [-0.1, -0.05) is 12.8 Å². The molecule has 1 aliphatic heterocycles. The highest BCUT2D eigenvalue weighted by molar-refractivity contribution is 5.91. The minimum atomic E-state index is -0.339. The van der Waals surface area contributed by atoms with Gasteiger partial charge in [-0.25, -0.2) is 0 Å². The second-order valence-electron chi connectivity index (χ2n) is 4.13. The van der Waals surface area contributed by atoms with Crippen LogP contribution in [0.15, 0.2) is 0 Å². The predicted molar refractivity (Wildman–Crippen MR) is 47.6 cm³/mol. The van der Waals surface area contributed by atoms with Gasteiger partial charge in [0.05, 0.1) is 0 Å². The summed E-state index contributed by atoms with van der Waals surface area (Å²) in [6, 6.07) is 1.70. The zero-order chi connectivity index (χ0) is 9.26. The van der Waals surface area contributed by atoms with Crippen LogP contribution in [0.4, 0.5) is 0 Å². The molecule has 1 aliphatic carbocycles. The summed E-state index contributed by atoms with van der Waals surface area (Å²) in [5.41, 5.74) is 0. The first kappa shape index (κ1) is 8.55. The van der Waals surface area contributed by atoms with Crippen LogP contribution in [0.1, 0.15) is 25.7 Å². The summed E-state index contributed by atoms with van der Waals surface area (Å²) in [7, 11) is 0. The molecule has 0 aromatic carbocycles. The highest BCUT2D eigenvalue weighted by Crippen LogP contribution is 2.35. The van der Waals surface area contributed by atoms with Crippen LogP contribution >= 0.6 is 0 Å². The Labute approximate surface area is 78.3 Å². The topological polar surface area (TPSA) is 44.1 Å². The summed E-state index contributed by atoms with van der Waals surface area (Å²) in [5.74, 6) is 1.03. The van der Waals surface area contributed by atoms with E-state index < -0.39 is 0 Å². The molecule has 2 rings (SSSR count). The van der Waals surface area contributed by atoms with Crippen LogP contribution in [0.5, 0.6) is 0 Å². The van der Waals surface area contributed by atoms with E-state index in [0.29, 0.717) is 11.8 Å². The minimum Gasteiger partial charge on any atom is -0.330 e. The molecular formula is C10H14N2O. The van der Waals surface area contributed by atoms with E-state index in [1.165, 1.54) is 25.7 Å². The Morgan fingerprint density at radius 3 is 2.23 bits per heavy atom. The van der Waals surface area contributed by atoms with Gasteiger partial charge in [0, 0.05) is 13.1 Å². The maximum absolute atomic E-state index is 11.1. The Bertz CT molecular complexity index is 242. The van der Waals surface area contributed by atoms with Crippen LogP contribution in [0.2, 0.25) is 0 Å². The molecule has 3 heteroatoms. The van der Waals surface area contributed by atoms with Gasteiger partial charge >= 0.3 is 5.91 Å². The van der Waals surface area contributed by atoms with Crippen LogP contribution < -0.4 is 0 Å². The molecule has 2 aliphatic rings. The highest BCUT2D eigenvalue weighted by Gasteiger charge is 2.36. The summed E-state index contributed by atoms with van der Waals surface area (Å²) in [6.07, 6.45) is 5.10. The normalized spacial score (nSPS) is 32.4. The second-order valence-corrected chi connectivity index (χ2v) is 4.13. The molecule has 70 valence electrons. The lowest BCUT2D eigenvalue weighted by Gasteiger charge is -2.22. The Hall–Kier alpha value is -1.04. The third-order valence-electron chi connectivity index (χ3n) is 3.36. The van der Waals surface area contributed by atoms with Crippen LogP contribution in [0.3, 0.4) is 0 Å². The molecule has 2 fully saturated rings. The van der Waals surface area contributed by atoms with Gasteiger partial charge in [-0.2, -0.15) is 5.26 Å². The lowest BCUT2D eigenvalue weighted by Crippen LogP contribution is -2.27. The number of carbonyl (C=O) groups excluding carboxylic acids is 1. The average Bonchev–Trinajstić information content (AvgIpc) is 2.59. The van der Waals surface area contributed by atoms with Crippen LogP contribution in [0.25, 0.3) is 0 Å². The van der Waals surface area contributed by atoms with Crippen molar-refractivity contribution >= 4 is 5.91 Å². The predicted octanol–water partition coefficient (Wildman–Crippen LogP) is 1.16. The molecule has 1 saturated carbocycles. The second kappa shape index (κ2) is 3.37. The maximum atomic E-state index is 11.1. The molecule has 0 aromatic rings. The van der Waals surface area contributed by atoms with Gasteiger partial charge in [0.1, 0.15) is 0 Å². The molecule has 0 N–H and O–H groups in total. The monoisotopic (exact) mass is 178 g/mol. The molecule has 0 spiro atoms. The first-order valence-electron chi connectivity index (χ1n) is 5.00. The van der Waals surface area contributed by atoms with Crippen molar-refractivity contribution in [2.75, 3.05) is 13.1 Å². The fourth-order valence-corrected chi connectivity index (χ4v) is 2.64. The van der Waals surface area contributed by atoms with Gasteiger partial charge < -0.3 is 4.90 Å². The minimum absolute atomic E-state index is 0.339. The Balaban J connectivity index is 1.99. The largest absolute Gasteiger partial charge is 0.330 e. The number of nitrogens with zero attached hydrogens (tertiary/aromatic N) is 2. The highest BCUT2D eigenvalue weighted by atomic mass is 16.2. The fourth-order valence-electron chi connectivity index (χ4n) is 2.64. The molecule has 2 atom stereocenters. The maximum Gasteiger partial charge on any atom is 0.324 e. The van der Waals surface area contributed by atoms with Crippen molar-refractivity contribution in [3.8, 4) is 6.07 Å². The lowest BCUT2D eigenvalue weighted by atomic mass is 9.82. The van der Waals surface area contributed by atoms with E-state index in [1.54, 1.807) is 11.0 Å². The van der Waals surface area contributed by atoms with E-state index in [1.807, 2.05) is 0 Å². The molecule has 1 heterocycles. The van der Waals surface area contributed by atoms with E-state index >= 15 is 0 Å². The molecule has 3 nitrogen and oxygen atoms in total. The van der Waals surface area contributed by atoms with Crippen LogP contribution in [-0.2, 0) is 4.79 Å². The molecule has 13 heavy (non-hydrogen) atoms. The smallest absolute Gasteiger partial charge is 0.324 e. The molecule has 2 unspecified atom stereocenters. The van der Waals surface area contributed by atoms with Gasteiger partial charge in [-0.3, -0.25) is 4.79 Å². The van der Waals surface area contributed by atoms with E-state index in [9.17, 15) is 4.79 Å². The van der Waals surface area contributed by atoms with Crippen molar-refractivity contribution in [1.82, 2.24) is 4.90 Å². The molecule has 0 aromatic heterocycles. The molecule has 0 bridgehead atoms. The van der Waals surface area contributed by atoms with Crippen molar-refractivity contribution < 1.29 is 4.79 Å². The SMILES string of the molecule is N#CC(=O)N1CC2CCCCC2C1. The van der Waals surface area contributed by atoms with Gasteiger partial charge in [0.25, 0.3) is 0 Å². The number of rotatable bonds is 0. The number of fused-ring (bicyclic) bond motifs is 1. The number of likely N-dealkylation sites (tertiary alicyclic amines) is 1. The molecule has 0 radical (unpaired) electrons. The fraction of sp³-hybridized carbons (Fsp3) is 0.800. The quantitative estimate of drug-likeness (QED) is 0.522. The number of hydrogen-bond donors (Lipinski definition) is 0. The third-order valence-corrected chi connectivity index (χ3v) is 3.36. The number of hydrogen-bond acceptors (Lipinski definition) is 2. The van der Waals surface area contributed by atoms with Gasteiger partial charge in [0.15, 0.2) is 6.07 Å². The zero-order valence-corrected chi connectivity index (χ0v) is 7.70. The number of nitriles is 1. The van der Waals surface area contributed by atoms with Crippen molar-refractivity contribution in [1.29, 1.82) is 5.26 Å². The van der Waals surface area contributed by atoms with Crippen molar-refractivity contribution in [2.45, 2.75) is 25.7 Å². The molecular weight excluding hydrogens is 164 g/mol. The van der Waals surface area contributed by atoms with Gasteiger partial charge in [0.2, 0.25) is 0 Å². The Morgan fingerprint density at radius 1 is 1.23 bits per heavy atom. The van der Waals surface area contributed by atoms with Crippen LogP contribution in [-0.4, -0.2) is 23.9 Å². The van der Waals surface area contributed by atoms with Gasteiger partial charge in [-0.15, -0.1) is 0 Å². The van der Waals surface area contributed by atoms with E-state index in [0.717, 1.165) is 13.1 Å². The number of carbonyl (C=O) groups is 1. The van der Waals surface area contributed by atoms with E-state index in [-0.39, 0.29) is 5.91 Å². The summed E-state index contributed by atoms with van der Waals surface area (Å²) >= 11 is 0. The summed E-state index contributed by atoms with van der Waals surface area (Å²) in [6.45, 7) is 1.66. The van der Waals surface area contributed by atoms with E-state index in [2.05, 4.69) is 0 Å². The van der Waals surface area contributed by atoms with Crippen molar-refractivity contribution in [3.63, 3.8) is 0 Å². The Morgan fingerprint density at radius 2 is 1.77 bits per heavy atom. The first-order chi connectivity index (χ1) is 6.31. The van der Waals surface area contributed by atoms with Crippen molar-refractivity contribution in [2.24, 2.45) is 11.8 Å². The lowest BCUT2D eigenvalue weighted by molar-refractivity contribution is -0.124. The average molecular weight is 178 g/mol.